The third kappa shape index (κ3) is 1.91. The van der Waals surface area contributed by atoms with Crippen LogP contribution in [0.2, 0.25) is 0 Å². The Morgan fingerprint density at radius 2 is 2.33 bits per heavy atom. The molecule has 1 aliphatic rings. The zero-order valence-electron chi connectivity index (χ0n) is 9.54. The van der Waals surface area contributed by atoms with Gasteiger partial charge in [0.25, 0.3) is 0 Å². The minimum absolute atomic E-state index is 0.144. The molecule has 0 saturated carbocycles. The van der Waals surface area contributed by atoms with E-state index in [0.29, 0.717) is 23.6 Å². The van der Waals surface area contributed by atoms with E-state index in [2.05, 4.69) is 37.5 Å². The predicted molar refractivity (Wildman–Crippen MR) is 72.3 cm³/mol. The molecule has 1 saturated heterocycles. The van der Waals surface area contributed by atoms with E-state index in [1.807, 2.05) is 0 Å². The van der Waals surface area contributed by atoms with E-state index in [-0.39, 0.29) is 6.23 Å². The molecule has 0 N–H and O–H groups in total. The third-order valence-electron chi connectivity index (χ3n) is 3.01. The summed E-state index contributed by atoms with van der Waals surface area (Å²) in [5.41, 5.74) is 1.33. The molecule has 1 aliphatic heterocycles. The van der Waals surface area contributed by atoms with Crippen molar-refractivity contribution in [3.05, 3.63) is 15.9 Å². The molecular weight excluding hydrogens is 347 g/mol. The highest BCUT2D eigenvalue weighted by Gasteiger charge is 2.23. The van der Waals surface area contributed by atoms with Gasteiger partial charge in [-0.05, 0) is 41.9 Å². The van der Waals surface area contributed by atoms with Gasteiger partial charge in [0, 0.05) is 6.61 Å². The van der Waals surface area contributed by atoms with Crippen LogP contribution in [0.4, 0.5) is 0 Å². The van der Waals surface area contributed by atoms with Crippen molar-refractivity contribution in [3.63, 3.8) is 0 Å². The normalized spacial score (nSPS) is 20.2. The molecule has 0 aromatic carbocycles. The lowest BCUT2D eigenvalue weighted by molar-refractivity contribution is -0.0306. The molecule has 18 heavy (non-hydrogen) atoms. The van der Waals surface area contributed by atoms with Crippen molar-refractivity contribution in [2.75, 3.05) is 6.61 Å². The lowest BCUT2D eigenvalue weighted by atomic mass is 10.2. The summed E-state index contributed by atoms with van der Waals surface area (Å²) in [4.78, 5) is 23.8. The summed E-state index contributed by atoms with van der Waals surface area (Å²) in [5, 5.41) is 0. The number of carbonyl (C=O) groups excluding carboxylic acids is 1. The molecule has 2 aromatic heterocycles. The standard InChI is InChI=1S/C11H11IN4O2/c12-10-9-11(14-6-13-10)16(7(5-17)15-9)8-3-1-2-4-18-8/h5-6,8H,1-4H2. The van der Waals surface area contributed by atoms with Crippen LogP contribution in [0, 0.1) is 3.70 Å². The van der Waals surface area contributed by atoms with Gasteiger partial charge in [0.2, 0.25) is 0 Å². The molecule has 0 aliphatic carbocycles. The van der Waals surface area contributed by atoms with Gasteiger partial charge in [-0.25, -0.2) is 15.0 Å². The smallest absolute Gasteiger partial charge is 0.185 e. The van der Waals surface area contributed by atoms with Crippen molar-refractivity contribution in [2.45, 2.75) is 25.5 Å². The van der Waals surface area contributed by atoms with Crippen molar-refractivity contribution in [1.29, 1.82) is 0 Å². The van der Waals surface area contributed by atoms with Gasteiger partial charge in [0.1, 0.15) is 21.8 Å². The van der Waals surface area contributed by atoms with Crippen molar-refractivity contribution >= 4 is 40.0 Å². The van der Waals surface area contributed by atoms with E-state index < -0.39 is 0 Å². The fraction of sp³-hybridized carbons (Fsp3) is 0.455. The Balaban J connectivity index is 2.19. The first-order valence-corrected chi connectivity index (χ1v) is 6.84. The molecule has 0 radical (unpaired) electrons. The molecule has 6 nitrogen and oxygen atoms in total. The Morgan fingerprint density at radius 1 is 1.44 bits per heavy atom. The zero-order chi connectivity index (χ0) is 12.5. The third-order valence-corrected chi connectivity index (χ3v) is 3.80. The summed E-state index contributed by atoms with van der Waals surface area (Å²) in [5.74, 6) is 0.357. The molecule has 2 aromatic rings. The van der Waals surface area contributed by atoms with E-state index in [4.69, 9.17) is 4.74 Å². The van der Waals surface area contributed by atoms with Crippen LogP contribution in [0.5, 0.6) is 0 Å². The second kappa shape index (κ2) is 4.88. The maximum Gasteiger partial charge on any atom is 0.185 e. The van der Waals surface area contributed by atoms with Gasteiger partial charge in [-0.3, -0.25) is 9.36 Å². The summed E-state index contributed by atoms with van der Waals surface area (Å²) < 4.78 is 8.24. The maximum atomic E-state index is 11.2. The molecule has 7 heteroatoms. The average Bonchev–Trinajstić information content (AvgIpc) is 2.80. The van der Waals surface area contributed by atoms with Gasteiger partial charge in [0.05, 0.1) is 0 Å². The van der Waals surface area contributed by atoms with E-state index in [1.165, 1.54) is 6.33 Å². The fourth-order valence-corrected chi connectivity index (χ4v) is 2.68. The van der Waals surface area contributed by atoms with E-state index >= 15 is 0 Å². The van der Waals surface area contributed by atoms with Crippen molar-refractivity contribution in [1.82, 2.24) is 19.5 Å². The molecule has 1 fully saturated rings. The minimum Gasteiger partial charge on any atom is -0.358 e. The number of ether oxygens (including phenoxy) is 1. The first-order chi connectivity index (χ1) is 8.81. The SMILES string of the molecule is O=Cc1nc2c(I)ncnc2n1C1CCCCO1. The van der Waals surface area contributed by atoms with Gasteiger partial charge in [-0.2, -0.15) is 0 Å². The molecule has 1 atom stereocenters. The Hall–Kier alpha value is -1.09. The largest absolute Gasteiger partial charge is 0.358 e. The van der Waals surface area contributed by atoms with Crippen molar-refractivity contribution in [2.24, 2.45) is 0 Å². The first-order valence-electron chi connectivity index (χ1n) is 5.76. The number of halogens is 1. The van der Waals surface area contributed by atoms with E-state index in [0.717, 1.165) is 29.2 Å². The molecule has 1 unspecified atom stereocenters. The van der Waals surface area contributed by atoms with Crippen LogP contribution in [0.3, 0.4) is 0 Å². The van der Waals surface area contributed by atoms with Crippen molar-refractivity contribution < 1.29 is 9.53 Å². The molecule has 0 bridgehead atoms. The number of rotatable bonds is 2. The number of fused-ring (bicyclic) bond motifs is 1. The number of carbonyl (C=O) groups is 1. The highest BCUT2D eigenvalue weighted by atomic mass is 127. The minimum atomic E-state index is -0.144. The Kier molecular flexibility index (Phi) is 3.25. The Morgan fingerprint density at radius 3 is 3.06 bits per heavy atom. The zero-order valence-corrected chi connectivity index (χ0v) is 11.7. The number of imidazole rings is 1. The van der Waals surface area contributed by atoms with E-state index in [1.54, 1.807) is 4.57 Å². The van der Waals surface area contributed by atoms with Gasteiger partial charge < -0.3 is 4.74 Å². The Bertz CT molecular complexity index is 592. The maximum absolute atomic E-state index is 11.2. The topological polar surface area (TPSA) is 69.9 Å². The number of nitrogens with zero attached hydrogens (tertiary/aromatic N) is 4. The summed E-state index contributed by atoms with van der Waals surface area (Å²) in [7, 11) is 0. The molecule has 3 heterocycles. The highest BCUT2D eigenvalue weighted by molar-refractivity contribution is 14.1. The van der Waals surface area contributed by atoms with Gasteiger partial charge >= 0.3 is 0 Å². The Labute approximate surface area is 117 Å². The molecule has 3 rings (SSSR count). The van der Waals surface area contributed by atoms with Crippen LogP contribution in [0.15, 0.2) is 6.33 Å². The monoisotopic (exact) mass is 358 g/mol. The fourth-order valence-electron chi connectivity index (χ4n) is 2.19. The number of aromatic nitrogens is 4. The molecular formula is C11H11IN4O2. The van der Waals surface area contributed by atoms with Crippen LogP contribution >= 0.6 is 22.6 Å². The van der Waals surface area contributed by atoms with Gasteiger partial charge in [0.15, 0.2) is 17.8 Å². The van der Waals surface area contributed by atoms with Gasteiger partial charge in [-0.1, -0.05) is 0 Å². The second-order valence-corrected chi connectivity index (χ2v) is 5.14. The van der Waals surface area contributed by atoms with E-state index in [9.17, 15) is 4.79 Å². The number of aldehydes is 1. The van der Waals surface area contributed by atoms with Crippen LogP contribution in [-0.4, -0.2) is 32.4 Å². The predicted octanol–water partition coefficient (Wildman–Crippen LogP) is 1.94. The van der Waals surface area contributed by atoms with Crippen LogP contribution in [0.1, 0.15) is 36.1 Å². The summed E-state index contributed by atoms with van der Waals surface area (Å²) >= 11 is 2.09. The lowest BCUT2D eigenvalue weighted by Gasteiger charge is -2.24. The first kappa shape index (κ1) is 12.0. The number of hydrogen-bond acceptors (Lipinski definition) is 5. The van der Waals surface area contributed by atoms with Crippen LogP contribution < -0.4 is 0 Å². The average molecular weight is 358 g/mol. The molecule has 0 amide bonds. The number of hydrogen-bond donors (Lipinski definition) is 0. The highest BCUT2D eigenvalue weighted by Crippen LogP contribution is 2.28. The summed E-state index contributed by atoms with van der Waals surface area (Å²) in [6.45, 7) is 0.713. The summed E-state index contributed by atoms with van der Waals surface area (Å²) in [6, 6.07) is 0. The second-order valence-electron chi connectivity index (χ2n) is 4.12. The van der Waals surface area contributed by atoms with Crippen LogP contribution in [0.25, 0.3) is 11.2 Å². The van der Waals surface area contributed by atoms with Crippen LogP contribution in [-0.2, 0) is 4.74 Å². The quantitative estimate of drug-likeness (QED) is 0.466. The van der Waals surface area contributed by atoms with Crippen molar-refractivity contribution in [3.8, 4) is 0 Å². The lowest BCUT2D eigenvalue weighted by Crippen LogP contribution is -2.20. The summed E-state index contributed by atoms with van der Waals surface area (Å²) in [6.07, 6.45) is 5.12. The molecule has 94 valence electrons. The molecule has 0 spiro atoms. The van der Waals surface area contributed by atoms with Gasteiger partial charge in [-0.15, -0.1) is 0 Å².